The van der Waals surface area contributed by atoms with E-state index >= 15 is 0 Å². The van der Waals surface area contributed by atoms with E-state index in [1.165, 1.54) is 4.90 Å². The molecule has 2 bridgehead atoms. The lowest BCUT2D eigenvalue weighted by Crippen LogP contribution is -2.57. The average Bonchev–Trinajstić information content (AvgIpc) is 3.76. The maximum absolute atomic E-state index is 14.4. The molecule has 2 aromatic carbocycles. The molecule has 1 spiro atoms. The molecule has 0 radical (unpaired) electrons. The highest BCUT2D eigenvalue weighted by Gasteiger charge is 2.74. The number of carbonyl (C=O) groups excluding carboxylic acids is 3. The molecule has 1 N–H and O–H groups in total. The number of rotatable bonds is 11. The van der Waals surface area contributed by atoms with Crippen molar-refractivity contribution in [2.24, 2.45) is 11.8 Å². The van der Waals surface area contributed by atoms with Gasteiger partial charge in [0.1, 0.15) is 23.8 Å². The Labute approximate surface area is 243 Å². The van der Waals surface area contributed by atoms with Crippen LogP contribution in [0.2, 0.25) is 0 Å². The van der Waals surface area contributed by atoms with Gasteiger partial charge in [-0.3, -0.25) is 14.4 Å². The number of hydrogen-bond donors (Lipinski definition) is 1. The molecule has 42 heavy (non-hydrogen) atoms. The van der Waals surface area contributed by atoms with Gasteiger partial charge in [0.25, 0.3) is 0 Å². The highest BCUT2D eigenvalue weighted by atomic mass is 16.5. The van der Waals surface area contributed by atoms with Gasteiger partial charge in [0, 0.05) is 25.3 Å². The zero-order chi connectivity index (χ0) is 29.4. The van der Waals surface area contributed by atoms with Crippen LogP contribution in [0.4, 0.5) is 5.69 Å². The molecule has 3 aromatic rings. The lowest BCUT2D eigenvalue weighted by atomic mass is 9.70. The predicted octanol–water partition coefficient (Wildman–Crippen LogP) is 1.99. The van der Waals surface area contributed by atoms with Crippen molar-refractivity contribution < 1.29 is 24.2 Å². The van der Waals surface area contributed by atoms with Crippen molar-refractivity contribution in [3.63, 3.8) is 0 Å². The number of β-amino-alcohol motifs (C(OH)–C–C–N with tert-alkyl or cyclic N) is 1. The molecular formula is C31H34N6O5. The molecule has 11 nitrogen and oxygen atoms in total. The van der Waals surface area contributed by atoms with Crippen LogP contribution in [0.15, 0.2) is 79.9 Å². The molecule has 0 saturated carbocycles. The summed E-state index contributed by atoms with van der Waals surface area (Å²) in [4.78, 5) is 47.3. The summed E-state index contributed by atoms with van der Waals surface area (Å²) >= 11 is 0. The van der Waals surface area contributed by atoms with Gasteiger partial charge in [-0.05, 0) is 37.1 Å². The number of benzene rings is 2. The van der Waals surface area contributed by atoms with Crippen molar-refractivity contribution in [2.45, 2.75) is 37.3 Å². The van der Waals surface area contributed by atoms with Gasteiger partial charge in [0.2, 0.25) is 17.7 Å². The zero-order valence-corrected chi connectivity index (χ0v) is 23.3. The third-order valence-corrected chi connectivity index (χ3v) is 8.69. The molecule has 0 aliphatic carbocycles. The van der Waals surface area contributed by atoms with E-state index in [9.17, 15) is 19.5 Å². The number of carbonyl (C=O) groups is 3. The Kier molecular flexibility index (Phi) is 7.38. The average molecular weight is 571 g/mol. The third kappa shape index (κ3) is 4.31. The Bertz CT molecular complexity index is 1520. The van der Waals surface area contributed by atoms with Crippen LogP contribution in [0.5, 0.6) is 0 Å². The largest absolute Gasteiger partial charge is 0.395 e. The molecular weight excluding hydrogens is 536 g/mol. The molecule has 3 amide bonds. The van der Waals surface area contributed by atoms with Gasteiger partial charge in [0.05, 0.1) is 30.1 Å². The predicted molar refractivity (Wildman–Crippen MR) is 155 cm³/mol. The molecule has 3 saturated heterocycles. The number of para-hydroxylation sites is 2. The van der Waals surface area contributed by atoms with Gasteiger partial charge < -0.3 is 24.5 Å². The highest BCUT2D eigenvalue weighted by molar-refractivity contribution is 6.03. The van der Waals surface area contributed by atoms with Crippen LogP contribution in [0.1, 0.15) is 12.8 Å². The summed E-state index contributed by atoms with van der Waals surface area (Å²) in [6.45, 7) is 7.82. The molecule has 3 aliphatic heterocycles. The topological polar surface area (TPSA) is 121 Å². The minimum atomic E-state index is -1.19. The Morgan fingerprint density at radius 3 is 2.55 bits per heavy atom. The molecule has 3 aliphatic rings. The standard InChI is InChI=1S/C31H34N6O5/c1-3-16-34(20-37-23-13-9-8-12-22(23)32-33-37)30(41)27-31-15-14-24(42-31)25(26(31)29(40)36(27)18-19-38)28(39)35(17-4-2)21-10-6-5-7-11-21/h3-13,24-27,38H,1-2,14-20H2/t24-,25+,26-,27?,31?/m0/s1. The molecule has 1 aromatic heterocycles. The minimum Gasteiger partial charge on any atom is -0.395 e. The number of amides is 3. The van der Waals surface area contributed by atoms with Crippen LogP contribution >= 0.6 is 0 Å². The minimum absolute atomic E-state index is 0.0499. The van der Waals surface area contributed by atoms with Crippen molar-refractivity contribution in [3.8, 4) is 0 Å². The van der Waals surface area contributed by atoms with Crippen LogP contribution in [0.3, 0.4) is 0 Å². The maximum atomic E-state index is 14.4. The van der Waals surface area contributed by atoms with E-state index in [0.717, 1.165) is 5.52 Å². The number of fused-ring (bicyclic) bond motifs is 2. The van der Waals surface area contributed by atoms with Crippen molar-refractivity contribution in [1.82, 2.24) is 24.8 Å². The third-order valence-electron chi connectivity index (χ3n) is 8.69. The van der Waals surface area contributed by atoms with E-state index in [4.69, 9.17) is 4.74 Å². The van der Waals surface area contributed by atoms with Crippen LogP contribution in [-0.4, -0.2) is 91.6 Å². The van der Waals surface area contributed by atoms with E-state index < -0.39 is 29.6 Å². The Morgan fingerprint density at radius 2 is 1.81 bits per heavy atom. The maximum Gasteiger partial charge on any atom is 0.250 e. The first-order valence-electron chi connectivity index (χ1n) is 14.2. The molecule has 218 valence electrons. The number of anilines is 1. The van der Waals surface area contributed by atoms with Crippen molar-refractivity contribution in [1.29, 1.82) is 0 Å². The summed E-state index contributed by atoms with van der Waals surface area (Å²) in [5.74, 6) is -2.55. The lowest BCUT2D eigenvalue weighted by molar-refractivity contribution is -0.149. The molecule has 6 rings (SSSR count). The van der Waals surface area contributed by atoms with Crippen LogP contribution in [0.25, 0.3) is 11.0 Å². The van der Waals surface area contributed by atoms with E-state index in [-0.39, 0.29) is 50.6 Å². The van der Waals surface area contributed by atoms with Crippen LogP contribution in [0, 0.1) is 11.8 Å². The molecule has 11 heteroatoms. The Hall–Kier alpha value is -4.35. The second kappa shape index (κ2) is 11.1. The second-order valence-electron chi connectivity index (χ2n) is 11.0. The molecule has 4 heterocycles. The van der Waals surface area contributed by atoms with E-state index in [2.05, 4.69) is 23.5 Å². The highest BCUT2D eigenvalue weighted by Crippen LogP contribution is 2.59. The van der Waals surface area contributed by atoms with E-state index in [1.54, 1.807) is 26.6 Å². The number of aliphatic hydroxyl groups excluding tert-OH is 1. The van der Waals surface area contributed by atoms with Gasteiger partial charge in [-0.25, -0.2) is 4.68 Å². The van der Waals surface area contributed by atoms with Gasteiger partial charge >= 0.3 is 0 Å². The summed E-state index contributed by atoms with van der Waals surface area (Å²) in [6, 6.07) is 15.7. The zero-order valence-electron chi connectivity index (χ0n) is 23.3. The fourth-order valence-corrected chi connectivity index (χ4v) is 7.03. The first-order valence-corrected chi connectivity index (χ1v) is 14.2. The fourth-order valence-electron chi connectivity index (χ4n) is 7.03. The molecule has 5 atom stereocenters. The van der Waals surface area contributed by atoms with Crippen molar-refractivity contribution in [3.05, 3.63) is 79.9 Å². The number of nitrogens with zero attached hydrogens (tertiary/aromatic N) is 6. The normalized spacial score (nSPS) is 25.9. The number of hydrogen-bond acceptors (Lipinski definition) is 7. The summed E-state index contributed by atoms with van der Waals surface area (Å²) in [5, 5.41) is 18.4. The second-order valence-corrected chi connectivity index (χ2v) is 11.0. The fraction of sp³-hybridized carbons (Fsp3) is 0.387. The smallest absolute Gasteiger partial charge is 0.250 e. The SMILES string of the molecule is C=CCN(Cn1nnc2ccccc21)C(=O)C1N(CCO)C(=O)[C@@H]2[C@H](C(=O)N(CC=C)c3ccccc3)[C@@H]3CCC12O3. The van der Waals surface area contributed by atoms with Gasteiger partial charge in [-0.1, -0.05) is 47.7 Å². The van der Waals surface area contributed by atoms with Gasteiger partial charge in [-0.2, -0.15) is 0 Å². The number of aromatic nitrogens is 3. The van der Waals surface area contributed by atoms with Gasteiger partial charge in [0.15, 0.2) is 0 Å². The molecule has 3 fully saturated rings. The Balaban J connectivity index is 1.35. The first kappa shape index (κ1) is 27.8. The van der Waals surface area contributed by atoms with Crippen molar-refractivity contribution >= 4 is 34.4 Å². The van der Waals surface area contributed by atoms with Crippen LogP contribution < -0.4 is 4.90 Å². The molecule has 2 unspecified atom stereocenters. The first-order chi connectivity index (χ1) is 20.4. The van der Waals surface area contributed by atoms with Crippen molar-refractivity contribution in [2.75, 3.05) is 31.1 Å². The number of aliphatic hydroxyl groups is 1. The van der Waals surface area contributed by atoms with Gasteiger partial charge in [-0.15, -0.1) is 18.3 Å². The summed E-state index contributed by atoms with van der Waals surface area (Å²) in [5.41, 5.74) is 0.967. The number of likely N-dealkylation sites (tertiary alicyclic amines) is 1. The lowest BCUT2D eigenvalue weighted by Gasteiger charge is -2.36. The summed E-state index contributed by atoms with van der Waals surface area (Å²) in [7, 11) is 0. The van der Waals surface area contributed by atoms with Crippen LogP contribution in [-0.2, 0) is 25.8 Å². The number of ether oxygens (including phenoxy) is 1. The summed E-state index contributed by atoms with van der Waals surface area (Å²) < 4.78 is 8.20. The quantitative estimate of drug-likeness (QED) is 0.350. The van der Waals surface area contributed by atoms with E-state index in [1.807, 2.05) is 54.6 Å². The Morgan fingerprint density at radius 1 is 1.07 bits per heavy atom. The van der Waals surface area contributed by atoms with E-state index in [0.29, 0.717) is 24.0 Å². The summed E-state index contributed by atoms with van der Waals surface area (Å²) in [6.07, 6.45) is 3.77. The monoisotopic (exact) mass is 570 g/mol.